The lowest BCUT2D eigenvalue weighted by Crippen LogP contribution is -2.24. The number of nitrogens with one attached hydrogen (secondary N) is 2. The lowest BCUT2D eigenvalue weighted by atomic mass is 9.85. The van der Waals surface area contributed by atoms with Crippen molar-refractivity contribution in [2.24, 2.45) is 0 Å². The predicted molar refractivity (Wildman–Crippen MR) is 99.5 cm³/mol. The number of amides is 1. The number of anilines is 1. The van der Waals surface area contributed by atoms with Crippen molar-refractivity contribution >= 4 is 35.0 Å². The summed E-state index contributed by atoms with van der Waals surface area (Å²) in [5.41, 5.74) is 1.41. The van der Waals surface area contributed by atoms with Crippen molar-refractivity contribution in [3.05, 3.63) is 51.0 Å². The number of thioether (sulfide) groups is 1. The molecule has 0 spiro atoms. The Labute approximate surface area is 154 Å². The highest BCUT2D eigenvalue weighted by Gasteiger charge is 2.38. The largest absolute Gasteiger partial charge is 0.326 e. The zero-order valence-corrected chi connectivity index (χ0v) is 15.1. The van der Waals surface area contributed by atoms with Crippen LogP contribution in [-0.4, -0.2) is 21.1 Å². The molecule has 1 aliphatic heterocycles. The van der Waals surface area contributed by atoms with E-state index in [4.69, 9.17) is 11.6 Å². The fourth-order valence-electron chi connectivity index (χ4n) is 3.61. The van der Waals surface area contributed by atoms with Crippen molar-refractivity contribution in [2.45, 2.75) is 48.3 Å². The van der Waals surface area contributed by atoms with E-state index in [9.17, 15) is 9.59 Å². The Morgan fingerprint density at radius 3 is 2.84 bits per heavy atom. The minimum atomic E-state index is -0.217. The third-order valence-corrected chi connectivity index (χ3v) is 6.42. The van der Waals surface area contributed by atoms with Gasteiger partial charge in [0.1, 0.15) is 10.9 Å². The minimum absolute atomic E-state index is 0.0427. The third kappa shape index (κ3) is 3.46. The maximum Gasteiger partial charge on any atom is 0.255 e. The van der Waals surface area contributed by atoms with Crippen LogP contribution >= 0.6 is 23.4 Å². The summed E-state index contributed by atoms with van der Waals surface area (Å²) >= 11 is 7.54. The molecular formula is C18H18ClN3O2S. The average molecular weight is 376 g/mol. The number of rotatable bonds is 3. The van der Waals surface area contributed by atoms with Gasteiger partial charge in [-0.1, -0.05) is 24.4 Å². The number of halogens is 1. The van der Waals surface area contributed by atoms with Crippen molar-refractivity contribution in [3.8, 4) is 0 Å². The van der Waals surface area contributed by atoms with E-state index in [2.05, 4.69) is 15.3 Å². The molecule has 2 aliphatic rings. The van der Waals surface area contributed by atoms with Gasteiger partial charge in [0, 0.05) is 21.9 Å². The quantitative estimate of drug-likeness (QED) is 0.801. The number of hydrogen-bond donors (Lipinski definition) is 2. The average Bonchev–Trinajstić information content (AvgIpc) is 2.95. The number of carbonyl (C=O) groups is 1. The summed E-state index contributed by atoms with van der Waals surface area (Å²) in [6.45, 7) is 0. The van der Waals surface area contributed by atoms with Crippen LogP contribution in [0.3, 0.4) is 0 Å². The molecule has 1 fully saturated rings. The van der Waals surface area contributed by atoms with Crippen LogP contribution in [0.25, 0.3) is 0 Å². The fraction of sp³-hybridized carbons (Fsp3) is 0.389. The second-order valence-electron chi connectivity index (χ2n) is 6.51. The third-order valence-electron chi connectivity index (χ3n) is 4.76. The van der Waals surface area contributed by atoms with Gasteiger partial charge in [-0.3, -0.25) is 9.59 Å². The first kappa shape index (κ1) is 16.7. The Morgan fingerprint density at radius 2 is 2.04 bits per heavy atom. The number of hydrogen-bond acceptors (Lipinski definition) is 4. The zero-order valence-electron chi connectivity index (χ0n) is 13.5. The number of aromatic amines is 1. The second-order valence-corrected chi connectivity index (χ2v) is 8.17. The maximum atomic E-state index is 12.5. The first-order valence-electron chi connectivity index (χ1n) is 8.45. The summed E-state index contributed by atoms with van der Waals surface area (Å²) in [5, 5.41) is 4.68. The van der Waals surface area contributed by atoms with E-state index >= 15 is 0 Å². The summed E-state index contributed by atoms with van der Waals surface area (Å²) in [5.74, 6) is 0.522. The van der Waals surface area contributed by atoms with Gasteiger partial charge < -0.3 is 10.3 Å². The molecule has 2 aromatic rings. The first-order valence-corrected chi connectivity index (χ1v) is 9.71. The van der Waals surface area contributed by atoms with Gasteiger partial charge in [0.2, 0.25) is 5.91 Å². The fourth-order valence-corrected chi connectivity index (χ4v) is 5.28. The summed E-state index contributed by atoms with van der Waals surface area (Å²) in [4.78, 5) is 32.1. The van der Waals surface area contributed by atoms with E-state index in [1.807, 2.05) is 0 Å². The highest BCUT2D eigenvalue weighted by atomic mass is 35.5. The summed E-state index contributed by atoms with van der Waals surface area (Å²) in [6, 6.07) is 6.90. The van der Waals surface area contributed by atoms with E-state index in [0.29, 0.717) is 27.7 Å². The smallest absolute Gasteiger partial charge is 0.255 e. The Hall–Kier alpha value is -1.79. The molecule has 4 rings (SSSR count). The predicted octanol–water partition coefficient (Wildman–Crippen LogP) is 3.74. The van der Waals surface area contributed by atoms with Gasteiger partial charge in [0.05, 0.1) is 12.0 Å². The van der Waals surface area contributed by atoms with Crippen molar-refractivity contribution in [3.63, 3.8) is 0 Å². The van der Waals surface area contributed by atoms with Gasteiger partial charge in [-0.15, -0.1) is 11.8 Å². The van der Waals surface area contributed by atoms with Gasteiger partial charge in [-0.05, 0) is 37.1 Å². The molecule has 0 unspecified atom stereocenters. The Balaban J connectivity index is 1.50. The maximum absolute atomic E-state index is 12.5. The second kappa shape index (κ2) is 6.84. The summed E-state index contributed by atoms with van der Waals surface area (Å²) in [6.07, 6.45) is 4.63. The van der Waals surface area contributed by atoms with E-state index in [1.165, 1.54) is 12.8 Å². The molecule has 1 aliphatic carbocycles. The number of H-pyrrole nitrogens is 1. The van der Waals surface area contributed by atoms with Crippen LogP contribution in [0.4, 0.5) is 5.69 Å². The van der Waals surface area contributed by atoms with Gasteiger partial charge in [-0.2, -0.15) is 0 Å². The highest BCUT2D eigenvalue weighted by molar-refractivity contribution is 8.00. The van der Waals surface area contributed by atoms with Crippen LogP contribution in [0.5, 0.6) is 0 Å². The van der Waals surface area contributed by atoms with E-state index in [1.54, 1.807) is 36.0 Å². The van der Waals surface area contributed by atoms with E-state index in [0.717, 1.165) is 23.4 Å². The monoisotopic (exact) mass is 375 g/mol. The van der Waals surface area contributed by atoms with E-state index < -0.39 is 0 Å². The molecule has 1 aromatic heterocycles. The molecule has 0 bridgehead atoms. The van der Waals surface area contributed by atoms with Crippen LogP contribution in [-0.2, 0) is 11.2 Å². The van der Waals surface area contributed by atoms with Gasteiger partial charge in [0.15, 0.2) is 0 Å². The number of benzene rings is 1. The molecule has 1 aromatic carbocycles. The number of fused-ring (bicyclic) bond motifs is 3. The molecule has 130 valence electrons. The number of aromatic nitrogens is 2. The van der Waals surface area contributed by atoms with Crippen LogP contribution in [0.1, 0.15) is 43.0 Å². The lowest BCUT2D eigenvalue weighted by Gasteiger charge is -2.23. The normalized spacial score (nSPS) is 21.5. The Kier molecular flexibility index (Phi) is 4.56. The minimum Gasteiger partial charge on any atom is -0.326 e. The van der Waals surface area contributed by atoms with Crippen LogP contribution in [0, 0.1) is 0 Å². The first-order chi connectivity index (χ1) is 12.1. The molecule has 7 heteroatoms. The van der Waals surface area contributed by atoms with Gasteiger partial charge >= 0.3 is 0 Å². The molecule has 2 N–H and O–H groups in total. The Bertz CT molecular complexity index is 866. The lowest BCUT2D eigenvalue weighted by molar-refractivity contribution is -0.115. The topological polar surface area (TPSA) is 74.8 Å². The molecule has 5 nitrogen and oxygen atoms in total. The molecule has 2 atom stereocenters. The van der Waals surface area contributed by atoms with Gasteiger partial charge in [-0.25, -0.2) is 4.98 Å². The van der Waals surface area contributed by atoms with Gasteiger partial charge in [0.25, 0.3) is 5.56 Å². The number of nitrogens with zero attached hydrogens (tertiary/aromatic N) is 1. The van der Waals surface area contributed by atoms with Crippen molar-refractivity contribution < 1.29 is 4.79 Å². The molecule has 25 heavy (non-hydrogen) atoms. The van der Waals surface area contributed by atoms with Crippen LogP contribution in [0.2, 0.25) is 5.02 Å². The number of carbonyl (C=O) groups excluding carboxylic acids is 1. The standard InChI is InChI=1S/C18H18ClN3O2S/c19-10-5-7-11(8-6-10)20-15(23)9-14-21-17(24)16-12-3-1-2-4-13(12)25-18(16)22-14/h5-8,12-13H,1-4,9H2,(H,20,23)(H,21,22,24)/t12-,13-/m0/s1. The SMILES string of the molecule is O=C(Cc1nc2c(c(=O)[nH]1)[C@H]1CCCC[C@@H]1S2)Nc1ccc(Cl)cc1. The van der Waals surface area contributed by atoms with Crippen molar-refractivity contribution in [1.29, 1.82) is 0 Å². The van der Waals surface area contributed by atoms with E-state index in [-0.39, 0.29) is 17.9 Å². The van der Waals surface area contributed by atoms with Crippen LogP contribution in [0.15, 0.2) is 34.1 Å². The van der Waals surface area contributed by atoms with Crippen molar-refractivity contribution in [2.75, 3.05) is 5.32 Å². The molecular weight excluding hydrogens is 358 g/mol. The van der Waals surface area contributed by atoms with Crippen LogP contribution < -0.4 is 10.9 Å². The molecule has 1 amide bonds. The summed E-state index contributed by atoms with van der Waals surface area (Å²) < 4.78 is 0. The highest BCUT2D eigenvalue weighted by Crippen LogP contribution is 2.49. The summed E-state index contributed by atoms with van der Waals surface area (Å²) in [7, 11) is 0. The zero-order chi connectivity index (χ0) is 17.4. The van der Waals surface area contributed by atoms with Crippen molar-refractivity contribution in [1.82, 2.24) is 9.97 Å². The molecule has 0 radical (unpaired) electrons. The molecule has 2 heterocycles. The Morgan fingerprint density at radius 1 is 1.28 bits per heavy atom. The molecule has 1 saturated carbocycles. The molecule has 0 saturated heterocycles.